The molecule has 1 aliphatic heterocycles. The van der Waals surface area contributed by atoms with Gasteiger partial charge in [0.25, 0.3) is 5.91 Å². The van der Waals surface area contributed by atoms with E-state index in [0.717, 1.165) is 11.3 Å². The van der Waals surface area contributed by atoms with Gasteiger partial charge >= 0.3 is 5.97 Å². The number of methoxy groups -OCH3 is 1. The lowest BCUT2D eigenvalue weighted by Crippen LogP contribution is -2.23. The molecule has 1 fully saturated rings. The molecule has 1 aliphatic rings. The van der Waals surface area contributed by atoms with E-state index in [4.69, 9.17) is 9.47 Å². The number of carbonyl (C=O) groups is 2. The van der Waals surface area contributed by atoms with Gasteiger partial charge in [-0.15, -0.1) is 0 Å². The molecule has 28 heavy (non-hydrogen) atoms. The standard InChI is InChI=1S/C21H20N2O4S/c1-4-27-20(25)15-7-9-16(10-8-15)22-21-23(2)19(24)18(28-21)13-14-5-11-17(26-3)12-6-14/h5-13H,4H2,1-3H3/b18-13-,22-21?. The minimum atomic E-state index is -0.367. The highest BCUT2D eigenvalue weighted by Gasteiger charge is 2.30. The van der Waals surface area contributed by atoms with E-state index >= 15 is 0 Å². The molecule has 0 N–H and O–H groups in total. The van der Waals surface area contributed by atoms with Crippen molar-refractivity contribution in [2.75, 3.05) is 20.8 Å². The average molecular weight is 396 g/mol. The second kappa shape index (κ2) is 8.75. The van der Waals surface area contributed by atoms with Crippen molar-refractivity contribution in [2.24, 2.45) is 4.99 Å². The third kappa shape index (κ3) is 4.43. The minimum absolute atomic E-state index is 0.109. The number of thioether (sulfide) groups is 1. The third-order valence-corrected chi connectivity index (χ3v) is 5.08. The lowest BCUT2D eigenvalue weighted by atomic mass is 10.2. The zero-order valence-electron chi connectivity index (χ0n) is 15.8. The maximum atomic E-state index is 12.5. The van der Waals surface area contributed by atoms with Gasteiger partial charge in [-0.05, 0) is 66.7 Å². The number of amides is 1. The van der Waals surface area contributed by atoms with Gasteiger partial charge in [0, 0.05) is 7.05 Å². The molecule has 1 amide bonds. The van der Waals surface area contributed by atoms with Crippen LogP contribution in [0.2, 0.25) is 0 Å². The number of likely N-dealkylation sites (N-methyl/N-ethyl adjacent to an activating group) is 1. The van der Waals surface area contributed by atoms with E-state index in [1.54, 1.807) is 45.3 Å². The lowest BCUT2D eigenvalue weighted by Gasteiger charge is -2.07. The number of nitrogens with zero attached hydrogens (tertiary/aromatic N) is 2. The number of esters is 1. The van der Waals surface area contributed by atoms with Crippen LogP contribution in [0.4, 0.5) is 5.69 Å². The van der Waals surface area contributed by atoms with Crippen molar-refractivity contribution in [1.82, 2.24) is 4.90 Å². The first-order chi connectivity index (χ1) is 13.5. The van der Waals surface area contributed by atoms with Gasteiger partial charge in [-0.1, -0.05) is 12.1 Å². The number of benzene rings is 2. The summed E-state index contributed by atoms with van der Waals surface area (Å²) in [4.78, 5) is 30.9. The molecule has 3 rings (SSSR count). The number of hydrogen-bond donors (Lipinski definition) is 0. The smallest absolute Gasteiger partial charge is 0.338 e. The van der Waals surface area contributed by atoms with Crippen molar-refractivity contribution < 1.29 is 19.1 Å². The van der Waals surface area contributed by atoms with E-state index in [1.165, 1.54) is 16.7 Å². The fourth-order valence-electron chi connectivity index (χ4n) is 2.50. The van der Waals surface area contributed by atoms with E-state index in [-0.39, 0.29) is 11.9 Å². The number of ether oxygens (including phenoxy) is 2. The highest BCUT2D eigenvalue weighted by molar-refractivity contribution is 8.18. The Morgan fingerprint density at radius 1 is 1.14 bits per heavy atom. The third-order valence-electron chi connectivity index (χ3n) is 4.02. The summed E-state index contributed by atoms with van der Waals surface area (Å²) in [6.07, 6.45) is 1.83. The molecular weight excluding hydrogens is 376 g/mol. The molecule has 0 atom stereocenters. The van der Waals surface area contributed by atoms with Gasteiger partial charge in [0.1, 0.15) is 5.75 Å². The van der Waals surface area contributed by atoms with E-state index < -0.39 is 0 Å². The van der Waals surface area contributed by atoms with Crippen LogP contribution < -0.4 is 4.74 Å². The van der Waals surface area contributed by atoms with Crippen LogP contribution in [0.1, 0.15) is 22.8 Å². The van der Waals surface area contributed by atoms with E-state index in [0.29, 0.717) is 27.9 Å². The number of aliphatic imine (C=N–C) groups is 1. The summed E-state index contributed by atoms with van der Waals surface area (Å²) >= 11 is 1.31. The number of hydrogen-bond acceptors (Lipinski definition) is 6. The van der Waals surface area contributed by atoms with Gasteiger partial charge in [-0.3, -0.25) is 9.69 Å². The van der Waals surface area contributed by atoms with Crippen LogP contribution in [0.15, 0.2) is 58.4 Å². The Hall–Kier alpha value is -3.06. The summed E-state index contributed by atoms with van der Waals surface area (Å²) in [6.45, 7) is 2.09. The quantitative estimate of drug-likeness (QED) is 0.562. The summed E-state index contributed by atoms with van der Waals surface area (Å²) in [5, 5.41) is 0.577. The Labute approximate surface area is 167 Å². The summed E-state index contributed by atoms with van der Waals surface area (Å²) in [5.41, 5.74) is 2.03. The van der Waals surface area contributed by atoms with E-state index in [1.807, 2.05) is 30.3 Å². The Balaban J connectivity index is 1.78. The molecule has 0 aliphatic carbocycles. The van der Waals surface area contributed by atoms with Crippen molar-refractivity contribution in [3.63, 3.8) is 0 Å². The summed E-state index contributed by atoms with van der Waals surface area (Å²) < 4.78 is 10.1. The maximum absolute atomic E-state index is 12.5. The highest BCUT2D eigenvalue weighted by Crippen LogP contribution is 2.33. The SMILES string of the molecule is CCOC(=O)c1ccc(N=C2S/C(=C\c3ccc(OC)cc3)C(=O)N2C)cc1. The lowest BCUT2D eigenvalue weighted by molar-refractivity contribution is -0.121. The molecule has 2 aromatic carbocycles. The molecule has 6 nitrogen and oxygen atoms in total. The van der Waals surface area contributed by atoms with Crippen molar-refractivity contribution in [3.8, 4) is 5.75 Å². The van der Waals surface area contributed by atoms with Gasteiger partial charge in [-0.25, -0.2) is 9.79 Å². The first kappa shape index (κ1) is 19.7. The molecule has 0 bridgehead atoms. The molecule has 2 aromatic rings. The monoisotopic (exact) mass is 396 g/mol. The predicted molar refractivity (Wildman–Crippen MR) is 111 cm³/mol. The van der Waals surface area contributed by atoms with E-state index in [9.17, 15) is 9.59 Å². The summed E-state index contributed by atoms with van der Waals surface area (Å²) in [5.74, 6) is 0.287. The van der Waals surface area contributed by atoms with Gasteiger partial charge in [-0.2, -0.15) is 0 Å². The van der Waals surface area contributed by atoms with Crippen LogP contribution >= 0.6 is 11.8 Å². The fraction of sp³-hybridized carbons (Fsp3) is 0.190. The van der Waals surface area contributed by atoms with Gasteiger partial charge in [0.05, 0.1) is 29.9 Å². The molecule has 7 heteroatoms. The molecule has 0 saturated carbocycles. The summed E-state index contributed by atoms with van der Waals surface area (Å²) in [7, 11) is 3.30. The average Bonchev–Trinajstić information content (AvgIpc) is 2.97. The van der Waals surface area contributed by atoms with Crippen molar-refractivity contribution in [3.05, 3.63) is 64.6 Å². The number of amidine groups is 1. The van der Waals surface area contributed by atoms with Crippen LogP contribution in [0.3, 0.4) is 0 Å². The molecule has 0 aromatic heterocycles. The van der Waals surface area contributed by atoms with Crippen LogP contribution in [0.5, 0.6) is 5.75 Å². The van der Waals surface area contributed by atoms with Crippen molar-refractivity contribution in [2.45, 2.75) is 6.92 Å². The minimum Gasteiger partial charge on any atom is -0.497 e. The molecule has 0 unspecified atom stereocenters. The number of carbonyl (C=O) groups excluding carboxylic acids is 2. The van der Waals surface area contributed by atoms with Crippen LogP contribution in [-0.2, 0) is 9.53 Å². The van der Waals surface area contributed by atoms with Crippen LogP contribution in [0, 0.1) is 0 Å². The molecule has 1 heterocycles. The number of rotatable bonds is 5. The van der Waals surface area contributed by atoms with Gasteiger partial charge < -0.3 is 9.47 Å². The zero-order valence-corrected chi connectivity index (χ0v) is 16.7. The van der Waals surface area contributed by atoms with Crippen LogP contribution in [0.25, 0.3) is 6.08 Å². The van der Waals surface area contributed by atoms with E-state index in [2.05, 4.69) is 4.99 Å². The largest absolute Gasteiger partial charge is 0.497 e. The van der Waals surface area contributed by atoms with Crippen LogP contribution in [-0.4, -0.2) is 42.7 Å². The molecular formula is C21H20N2O4S. The Morgan fingerprint density at radius 2 is 1.82 bits per heavy atom. The molecule has 0 radical (unpaired) electrons. The Kier molecular flexibility index (Phi) is 6.16. The topological polar surface area (TPSA) is 68.2 Å². The molecule has 1 saturated heterocycles. The van der Waals surface area contributed by atoms with Gasteiger partial charge in [0.2, 0.25) is 0 Å². The predicted octanol–water partition coefficient (Wildman–Crippen LogP) is 4.11. The van der Waals surface area contributed by atoms with Crippen molar-refractivity contribution in [1.29, 1.82) is 0 Å². The molecule has 0 spiro atoms. The van der Waals surface area contributed by atoms with Gasteiger partial charge in [0.15, 0.2) is 5.17 Å². The second-order valence-electron chi connectivity index (χ2n) is 5.91. The summed E-state index contributed by atoms with van der Waals surface area (Å²) in [6, 6.07) is 14.2. The first-order valence-electron chi connectivity index (χ1n) is 8.69. The normalized spacial score (nSPS) is 16.7. The molecule has 144 valence electrons. The fourth-order valence-corrected chi connectivity index (χ4v) is 3.49. The highest BCUT2D eigenvalue weighted by atomic mass is 32.2. The van der Waals surface area contributed by atoms with Crippen molar-refractivity contribution >= 4 is 40.6 Å². The Bertz CT molecular complexity index is 934. The Morgan fingerprint density at radius 3 is 2.43 bits per heavy atom. The first-order valence-corrected chi connectivity index (χ1v) is 9.51. The maximum Gasteiger partial charge on any atom is 0.338 e. The zero-order chi connectivity index (χ0) is 20.1. The second-order valence-corrected chi connectivity index (χ2v) is 6.92.